The molecular formula is C15H23FN2O. The van der Waals surface area contributed by atoms with Gasteiger partial charge in [0.05, 0.1) is 12.8 Å². The molecule has 1 aliphatic heterocycles. The van der Waals surface area contributed by atoms with Crippen molar-refractivity contribution in [3.05, 3.63) is 24.0 Å². The molecule has 19 heavy (non-hydrogen) atoms. The Morgan fingerprint density at radius 2 is 2.05 bits per heavy atom. The maximum Gasteiger partial charge on any atom is 0.146 e. The van der Waals surface area contributed by atoms with Crippen molar-refractivity contribution >= 4 is 5.69 Å². The van der Waals surface area contributed by atoms with Crippen molar-refractivity contribution < 1.29 is 9.13 Å². The summed E-state index contributed by atoms with van der Waals surface area (Å²) in [6.07, 6.45) is 2.33. The van der Waals surface area contributed by atoms with Crippen LogP contribution in [0.15, 0.2) is 18.2 Å². The smallest absolute Gasteiger partial charge is 0.146 e. The number of hydrogen-bond donors (Lipinski definition) is 1. The third-order valence-electron chi connectivity index (χ3n) is 4.03. The zero-order chi connectivity index (χ0) is 13.8. The van der Waals surface area contributed by atoms with Gasteiger partial charge in [0.2, 0.25) is 0 Å². The van der Waals surface area contributed by atoms with Gasteiger partial charge in [-0.3, -0.25) is 0 Å². The van der Waals surface area contributed by atoms with E-state index in [1.165, 1.54) is 6.07 Å². The topological polar surface area (TPSA) is 24.5 Å². The molecule has 3 nitrogen and oxygen atoms in total. The van der Waals surface area contributed by atoms with Crippen molar-refractivity contribution in [1.82, 2.24) is 4.90 Å². The van der Waals surface area contributed by atoms with Gasteiger partial charge in [-0.15, -0.1) is 0 Å². The Kier molecular flexibility index (Phi) is 4.64. The van der Waals surface area contributed by atoms with Crippen LogP contribution in [-0.4, -0.2) is 38.2 Å². The Balaban J connectivity index is 2.00. The van der Waals surface area contributed by atoms with Crippen LogP contribution in [0.4, 0.5) is 10.1 Å². The number of likely N-dealkylation sites (tertiary alicyclic amines) is 1. The monoisotopic (exact) mass is 266 g/mol. The normalized spacial score (nSPS) is 19.2. The maximum atomic E-state index is 13.8. The minimum atomic E-state index is -0.222. The van der Waals surface area contributed by atoms with Gasteiger partial charge in [0, 0.05) is 12.1 Å². The molecule has 2 rings (SSSR count). The molecule has 1 atom stereocenters. The Bertz CT molecular complexity index is 417. The van der Waals surface area contributed by atoms with E-state index in [4.69, 9.17) is 4.74 Å². The van der Waals surface area contributed by atoms with E-state index in [2.05, 4.69) is 24.2 Å². The number of methoxy groups -OCH3 is 1. The van der Waals surface area contributed by atoms with Crippen LogP contribution in [0.25, 0.3) is 0 Å². The molecule has 0 saturated carbocycles. The quantitative estimate of drug-likeness (QED) is 0.906. The maximum absolute atomic E-state index is 13.8. The van der Waals surface area contributed by atoms with Crippen LogP contribution >= 0.6 is 0 Å². The highest BCUT2D eigenvalue weighted by Crippen LogP contribution is 2.26. The molecule has 1 N–H and O–H groups in total. The van der Waals surface area contributed by atoms with E-state index >= 15 is 0 Å². The standard InChI is InChI=1S/C15H23FN2O/c1-11(12-6-8-18(2)9-7-12)17-15-10-13(19-3)4-5-14(15)16/h4-5,10-12,17H,6-9H2,1-3H3. The number of rotatable bonds is 4. The number of nitrogens with one attached hydrogen (secondary N) is 1. The first-order valence-corrected chi connectivity index (χ1v) is 6.88. The molecule has 0 aromatic heterocycles. The van der Waals surface area contributed by atoms with Gasteiger partial charge in [-0.25, -0.2) is 4.39 Å². The Labute approximate surface area is 114 Å². The minimum Gasteiger partial charge on any atom is -0.497 e. The van der Waals surface area contributed by atoms with Gasteiger partial charge >= 0.3 is 0 Å². The third kappa shape index (κ3) is 3.60. The summed E-state index contributed by atoms with van der Waals surface area (Å²) in [7, 11) is 3.74. The van der Waals surface area contributed by atoms with Gasteiger partial charge in [-0.2, -0.15) is 0 Å². The van der Waals surface area contributed by atoms with E-state index in [9.17, 15) is 4.39 Å². The number of hydrogen-bond acceptors (Lipinski definition) is 3. The minimum absolute atomic E-state index is 0.222. The first-order chi connectivity index (χ1) is 9.10. The second-order valence-electron chi connectivity index (χ2n) is 5.42. The number of ether oxygens (including phenoxy) is 1. The molecule has 4 heteroatoms. The van der Waals surface area contributed by atoms with E-state index in [0.29, 0.717) is 17.4 Å². The summed E-state index contributed by atoms with van der Waals surface area (Å²) in [4.78, 5) is 2.34. The number of nitrogens with zero attached hydrogens (tertiary/aromatic N) is 1. The first kappa shape index (κ1) is 14.1. The fraction of sp³-hybridized carbons (Fsp3) is 0.600. The van der Waals surface area contributed by atoms with Crippen molar-refractivity contribution in [3.63, 3.8) is 0 Å². The number of anilines is 1. The molecule has 0 bridgehead atoms. The summed E-state index contributed by atoms with van der Waals surface area (Å²) < 4.78 is 18.9. The van der Waals surface area contributed by atoms with Crippen LogP contribution in [0.1, 0.15) is 19.8 Å². The van der Waals surface area contributed by atoms with Crippen LogP contribution in [0.5, 0.6) is 5.75 Å². The highest BCUT2D eigenvalue weighted by atomic mass is 19.1. The number of piperidine rings is 1. The Morgan fingerprint density at radius 3 is 2.68 bits per heavy atom. The summed E-state index contributed by atoms with van der Waals surface area (Å²) in [6.45, 7) is 4.38. The molecule has 1 fully saturated rings. The molecule has 0 radical (unpaired) electrons. The zero-order valence-corrected chi connectivity index (χ0v) is 11.9. The molecule has 1 unspecified atom stereocenters. The lowest BCUT2D eigenvalue weighted by molar-refractivity contribution is 0.208. The van der Waals surface area contributed by atoms with Gasteiger partial charge in [-0.05, 0) is 58.0 Å². The second-order valence-corrected chi connectivity index (χ2v) is 5.42. The first-order valence-electron chi connectivity index (χ1n) is 6.88. The van der Waals surface area contributed by atoms with Gasteiger partial charge in [0.1, 0.15) is 11.6 Å². The molecule has 0 amide bonds. The molecule has 1 aromatic rings. The van der Waals surface area contributed by atoms with Crippen LogP contribution < -0.4 is 10.1 Å². The van der Waals surface area contributed by atoms with Crippen LogP contribution in [0.2, 0.25) is 0 Å². The number of benzene rings is 1. The van der Waals surface area contributed by atoms with Crippen molar-refractivity contribution in [3.8, 4) is 5.75 Å². The fourth-order valence-corrected chi connectivity index (χ4v) is 2.63. The van der Waals surface area contributed by atoms with E-state index in [0.717, 1.165) is 25.9 Å². The van der Waals surface area contributed by atoms with E-state index < -0.39 is 0 Å². The van der Waals surface area contributed by atoms with Crippen LogP contribution in [-0.2, 0) is 0 Å². The van der Waals surface area contributed by atoms with Crippen LogP contribution in [0, 0.1) is 11.7 Å². The van der Waals surface area contributed by atoms with Gasteiger partial charge in [0.25, 0.3) is 0 Å². The highest BCUT2D eigenvalue weighted by Gasteiger charge is 2.22. The summed E-state index contributed by atoms with van der Waals surface area (Å²) in [5.74, 6) is 1.06. The van der Waals surface area contributed by atoms with Crippen molar-refractivity contribution in [2.75, 3.05) is 32.6 Å². The lowest BCUT2D eigenvalue weighted by atomic mass is 9.90. The number of halogens is 1. The summed E-state index contributed by atoms with van der Waals surface area (Å²) >= 11 is 0. The average molecular weight is 266 g/mol. The molecule has 1 aliphatic rings. The molecule has 0 aliphatic carbocycles. The summed E-state index contributed by atoms with van der Waals surface area (Å²) in [5.41, 5.74) is 0.533. The zero-order valence-electron chi connectivity index (χ0n) is 11.9. The highest BCUT2D eigenvalue weighted by molar-refractivity contribution is 5.50. The van der Waals surface area contributed by atoms with E-state index in [-0.39, 0.29) is 11.9 Å². The van der Waals surface area contributed by atoms with Gasteiger partial charge < -0.3 is 15.0 Å². The van der Waals surface area contributed by atoms with Crippen molar-refractivity contribution in [2.24, 2.45) is 5.92 Å². The predicted molar refractivity (Wildman–Crippen MR) is 76.3 cm³/mol. The van der Waals surface area contributed by atoms with Crippen molar-refractivity contribution in [1.29, 1.82) is 0 Å². The fourth-order valence-electron chi connectivity index (χ4n) is 2.63. The summed E-state index contributed by atoms with van der Waals surface area (Å²) in [5, 5.41) is 3.30. The van der Waals surface area contributed by atoms with Gasteiger partial charge in [-0.1, -0.05) is 0 Å². The molecule has 0 spiro atoms. The Morgan fingerprint density at radius 1 is 1.37 bits per heavy atom. The molecule has 106 valence electrons. The SMILES string of the molecule is COc1ccc(F)c(NC(C)C2CCN(C)CC2)c1. The van der Waals surface area contributed by atoms with E-state index in [1.807, 2.05) is 0 Å². The lowest BCUT2D eigenvalue weighted by Gasteiger charge is -2.33. The third-order valence-corrected chi connectivity index (χ3v) is 4.03. The second kappa shape index (κ2) is 6.24. The van der Waals surface area contributed by atoms with E-state index in [1.54, 1.807) is 19.2 Å². The lowest BCUT2D eigenvalue weighted by Crippen LogP contribution is -2.37. The van der Waals surface area contributed by atoms with Gasteiger partial charge in [0.15, 0.2) is 0 Å². The Hall–Kier alpha value is -1.29. The molecule has 1 aromatic carbocycles. The molecular weight excluding hydrogens is 243 g/mol. The molecule has 1 heterocycles. The van der Waals surface area contributed by atoms with Crippen molar-refractivity contribution in [2.45, 2.75) is 25.8 Å². The molecule has 1 saturated heterocycles. The largest absolute Gasteiger partial charge is 0.497 e. The summed E-state index contributed by atoms with van der Waals surface area (Å²) in [6, 6.07) is 5.08. The predicted octanol–water partition coefficient (Wildman–Crippen LogP) is 2.98. The van der Waals surface area contributed by atoms with Crippen LogP contribution in [0.3, 0.4) is 0 Å². The average Bonchev–Trinajstić information content (AvgIpc) is 2.42.